The number of amides is 1. The van der Waals surface area contributed by atoms with Crippen LogP contribution in [0, 0.1) is 0 Å². The van der Waals surface area contributed by atoms with Gasteiger partial charge in [0.1, 0.15) is 0 Å². The van der Waals surface area contributed by atoms with Crippen LogP contribution >= 0.6 is 23.1 Å². The molecule has 1 aromatic heterocycles. The molecule has 1 aliphatic heterocycles. The van der Waals surface area contributed by atoms with Crippen LogP contribution in [0.15, 0.2) is 4.34 Å². The van der Waals surface area contributed by atoms with Crippen LogP contribution in [0.5, 0.6) is 0 Å². The van der Waals surface area contributed by atoms with E-state index in [-0.39, 0.29) is 5.24 Å². The first kappa shape index (κ1) is 10.7. The minimum absolute atomic E-state index is 0.0190. The standard InChI is InChI=1S/C7H10N4O2S2/c8-5-9-10-6(14-5)15-7(12)11-1-3-13-4-2-11/h1-4H2,(H2,8,9). The number of hydrogen-bond donors (Lipinski definition) is 1. The van der Waals surface area contributed by atoms with Gasteiger partial charge in [0.2, 0.25) is 5.13 Å². The fourth-order valence-electron chi connectivity index (χ4n) is 1.15. The minimum Gasteiger partial charge on any atom is -0.378 e. The van der Waals surface area contributed by atoms with Crippen LogP contribution in [0.1, 0.15) is 0 Å². The Morgan fingerprint density at radius 2 is 2.20 bits per heavy atom. The molecule has 1 aliphatic rings. The molecule has 6 nitrogen and oxygen atoms in total. The normalized spacial score (nSPS) is 16.7. The maximum absolute atomic E-state index is 11.7. The van der Waals surface area contributed by atoms with Crippen molar-refractivity contribution < 1.29 is 9.53 Å². The highest BCUT2D eigenvalue weighted by molar-refractivity contribution is 8.14. The highest BCUT2D eigenvalue weighted by atomic mass is 32.2. The first-order chi connectivity index (χ1) is 7.25. The molecule has 82 valence electrons. The second-order valence-electron chi connectivity index (χ2n) is 2.87. The zero-order chi connectivity index (χ0) is 10.7. The molecule has 8 heteroatoms. The van der Waals surface area contributed by atoms with Crippen molar-refractivity contribution in [2.24, 2.45) is 0 Å². The zero-order valence-electron chi connectivity index (χ0n) is 7.88. The third kappa shape index (κ3) is 2.80. The molecular weight excluding hydrogens is 236 g/mol. The van der Waals surface area contributed by atoms with Crippen LogP contribution in [0.2, 0.25) is 0 Å². The van der Waals surface area contributed by atoms with E-state index in [9.17, 15) is 4.79 Å². The van der Waals surface area contributed by atoms with Gasteiger partial charge in [-0.3, -0.25) is 4.79 Å². The van der Waals surface area contributed by atoms with Gasteiger partial charge in [-0.1, -0.05) is 11.3 Å². The summed E-state index contributed by atoms with van der Waals surface area (Å²) in [5.74, 6) is 0. The maximum Gasteiger partial charge on any atom is 0.288 e. The molecule has 0 unspecified atom stereocenters. The molecule has 0 radical (unpaired) electrons. The van der Waals surface area contributed by atoms with Crippen LogP contribution in [0.25, 0.3) is 0 Å². The minimum atomic E-state index is -0.0190. The second kappa shape index (κ2) is 4.77. The van der Waals surface area contributed by atoms with Crippen molar-refractivity contribution in [3.8, 4) is 0 Å². The Morgan fingerprint density at radius 1 is 1.47 bits per heavy atom. The molecule has 0 aromatic carbocycles. The molecule has 1 aromatic rings. The van der Waals surface area contributed by atoms with Crippen molar-refractivity contribution in [1.29, 1.82) is 0 Å². The van der Waals surface area contributed by atoms with Crippen molar-refractivity contribution in [3.63, 3.8) is 0 Å². The van der Waals surface area contributed by atoms with Gasteiger partial charge in [0.05, 0.1) is 13.2 Å². The number of carbonyl (C=O) groups excluding carboxylic acids is 1. The summed E-state index contributed by atoms with van der Waals surface area (Å²) in [6, 6.07) is 0. The Balaban J connectivity index is 1.91. The molecular formula is C7H10N4O2S2. The van der Waals surface area contributed by atoms with E-state index in [4.69, 9.17) is 10.5 Å². The lowest BCUT2D eigenvalue weighted by Gasteiger charge is -2.25. The Labute approximate surface area is 94.8 Å². The van der Waals surface area contributed by atoms with Crippen LogP contribution in [-0.4, -0.2) is 46.6 Å². The van der Waals surface area contributed by atoms with Crippen molar-refractivity contribution in [2.45, 2.75) is 4.34 Å². The van der Waals surface area contributed by atoms with E-state index in [1.807, 2.05) is 0 Å². The number of thioether (sulfide) groups is 1. The fourth-order valence-corrected chi connectivity index (χ4v) is 2.67. The van der Waals surface area contributed by atoms with Crippen LogP contribution in [0.3, 0.4) is 0 Å². The molecule has 0 atom stereocenters. The molecule has 2 rings (SSSR count). The number of ether oxygens (including phenoxy) is 1. The lowest BCUT2D eigenvalue weighted by Crippen LogP contribution is -2.38. The summed E-state index contributed by atoms with van der Waals surface area (Å²) in [6.45, 7) is 2.48. The molecule has 0 saturated carbocycles. The average Bonchev–Trinajstić information content (AvgIpc) is 2.65. The third-order valence-electron chi connectivity index (χ3n) is 1.87. The highest BCUT2D eigenvalue weighted by Gasteiger charge is 2.19. The van der Waals surface area contributed by atoms with Gasteiger partial charge in [0, 0.05) is 24.9 Å². The van der Waals surface area contributed by atoms with Gasteiger partial charge in [-0.2, -0.15) is 0 Å². The first-order valence-corrected chi connectivity index (χ1v) is 6.02. The van der Waals surface area contributed by atoms with Crippen LogP contribution < -0.4 is 5.73 Å². The van der Waals surface area contributed by atoms with Crippen molar-refractivity contribution >= 4 is 33.5 Å². The lowest BCUT2D eigenvalue weighted by atomic mass is 10.5. The summed E-state index contributed by atoms with van der Waals surface area (Å²) >= 11 is 2.29. The molecule has 1 saturated heterocycles. The summed E-state index contributed by atoms with van der Waals surface area (Å²) in [5.41, 5.74) is 5.42. The van der Waals surface area contributed by atoms with Crippen molar-refractivity contribution in [3.05, 3.63) is 0 Å². The topological polar surface area (TPSA) is 81.3 Å². The summed E-state index contributed by atoms with van der Waals surface area (Å²) in [5, 5.41) is 7.79. The number of anilines is 1. The van der Waals surface area contributed by atoms with Gasteiger partial charge in [-0.05, 0) is 0 Å². The van der Waals surface area contributed by atoms with E-state index in [0.717, 1.165) is 11.8 Å². The first-order valence-electron chi connectivity index (χ1n) is 4.39. The van der Waals surface area contributed by atoms with E-state index in [0.29, 0.717) is 35.8 Å². The number of rotatable bonds is 1. The zero-order valence-corrected chi connectivity index (χ0v) is 9.51. The van der Waals surface area contributed by atoms with Gasteiger partial charge in [0.15, 0.2) is 4.34 Å². The Kier molecular flexibility index (Phi) is 3.39. The largest absolute Gasteiger partial charge is 0.378 e. The molecule has 2 heterocycles. The number of carbonyl (C=O) groups is 1. The predicted octanol–water partition coefficient (Wildman–Crippen LogP) is 0.665. The molecule has 0 spiro atoms. The number of aromatic nitrogens is 2. The SMILES string of the molecule is Nc1nnc(SC(=O)N2CCOCC2)s1. The molecule has 1 fully saturated rings. The summed E-state index contributed by atoms with van der Waals surface area (Å²) in [7, 11) is 0. The summed E-state index contributed by atoms with van der Waals surface area (Å²) < 4.78 is 5.74. The Hall–Kier alpha value is -0.860. The summed E-state index contributed by atoms with van der Waals surface area (Å²) in [6.07, 6.45) is 0. The van der Waals surface area contributed by atoms with Gasteiger partial charge < -0.3 is 15.4 Å². The predicted molar refractivity (Wildman–Crippen MR) is 58.0 cm³/mol. The average molecular weight is 246 g/mol. The van der Waals surface area contributed by atoms with E-state index in [1.165, 1.54) is 11.3 Å². The number of nitrogens with two attached hydrogens (primary N) is 1. The monoisotopic (exact) mass is 246 g/mol. The fraction of sp³-hybridized carbons (Fsp3) is 0.571. The van der Waals surface area contributed by atoms with E-state index >= 15 is 0 Å². The molecule has 0 aliphatic carbocycles. The maximum atomic E-state index is 11.7. The van der Waals surface area contributed by atoms with E-state index in [1.54, 1.807) is 4.90 Å². The molecule has 1 amide bonds. The van der Waals surface area contributed by atoms with Crippen molar-refractivity contribution in [2.75, 3.05) is 32.0 Å². The molecule has 2 N–H and O–H groups in total. The van der Waals surface area contributed by atoms with Gasteiger partial charge in [0.25, 0.3) is 5.24 Å². The Bertz CT molecular complexity index is 351. The molecule has 0 bridgehead atoms. The number of morpholine rings is 1. The Morgan fingerprint density at radius 3 is 2.80 bits per heavy atom. The van der Waals surface area contributed by atoms with E-state index in [2.05, 4.69) is 10.2 Å². The quantitative estimate of drug-likeness (QED) is 0.733. The van der Waals surface area contributed by atoms with Gasteiger partial charge in [-0.25, -0.2) is 0 Å². The third-order valence-corrected chi connectivity index (χ3v) is 3.60. The van der Waals surface area contributed by atoms with Crippen molar-refractivity contribution in [1.82, 2.24) is 15.1 Å². The molecule has 15 heavy (non-hydrogen) atoms. The number of hydrogen-bond acceptors (Lipinski definition) is 7. The highest BCUT2D eigenvalue weighted by Crippen LogP contribution is 2.26. The van der Waals surface area contributed by atoms with Crippen LogP contribution in [-0.2, 0) is 4.74 Å². The summed E-state index contributed by atoms with van der Waals surface area (Å²) in [4.78, 5) is 13.4. The number of nitrogens with zero attached hydrogens (tertiary/aromatic N) is 3. The lowest BCUT2D eigenvalue weighted by molar-refractivity contribution is 0.0593. The number of nitrogen functional groups attached to an aromatic ring is 1. The van der Waals surface area contributed by atoms with Gasteiger partial charge in [-0.15, -0.1) is 10.2 Å². The van der Waals surface area contributed by atoms with E-state index < -0.39 is 0 Å². The van der Waals surface area contributed by atoms with Gasteiger partial charge >= 0.3 is 0 Å². The van der Waals surface area contributed by atoms with Crippen LogP contribution in [0.4, 0.5) is 9.93 Å². The smallest absolute Gasteiger partial charge is 0.288 e. The second-order valence-corrected chi connectivity index (χ2v) is 5.08.